The van der Waals surface area contributed by atoms with Gasteiger partial charge in [-0.15, -0.1) is 11.6 Å². The Kier molecular flexibility index (Phi) is 3.43. The Labute approximate surface area is 117 Å². The van der Waals surface area contributed by atoms with E-state index >= 15 is 0 Å². The van der Waals surface area contributed by atoms with Crippen LogP contribution in [0, 0.1) is 23.2 Å². The molecule has 18 heavy (non-hydrogen) atoms. The zero-order chi connectivity index (χ0) is 12.9. The molecular weight excluding hydrogens is 242 g/mol. The standard InChI is InChI=1S/C16H28ClN/c1-10(2)18-11(3)7-16-8-12-4-13(9-16)6-14(5-12)15(16)17/h10-15,18H,4-9H2,1-3H3. The highest BCUT2D eigenvalue weighted by Crippen LogP contribution is 2.63. The van der Waals surface area contributed by atoms with E-state index in [1.165, 1.54) is 38.5 Å². The second-order valence-corrected chi connectivity index (χ2v) is 8.27. The monoisotopic (exact) mass is 269 g/mol. The minimum absolute atomic E-state index is 0.460. The minimum atomic E-state index is 0.460. The third-order valence-electron chi connectivity index (χ3n) is 5.66. The molecule has 0 aromatic carbocycles. The number of rotatable bonds is 4. The first-order chi connectivity index (χ1) is 8.48. The van der Waals surface area contributed by atoms with Gasteiger partial charge < -0.3 is 5.32 Å². The highest BCUT2D eigenvalue weighted by molar-refractivity contribution is 6.21. The molecule has 0 aliphatic heterocycles. The van der Waals surface area contributed by atoms with Crippen LogP contribution in [0.1, 0.15) is 59.3 Å². The van der Waals surface area contributed by atoms with Crippen LogP contribution >= 0.6 is 11.6 Å². The van der Waals surface area contributed by atoms with E-state index in [9.17, 15) is 0 Å². The molecule has 4 aliphatic carbocycles. The summed E-state index contributed by atoms with van der Waals surface area (Å²) in [5.74, 6) is 2.84. The summed E-state index contributed by atoms with van der Waals surface area (Å²) in [5.41, 5.74) is 0.470. The molecule has 1 nitrogen and oxygen atoms in total. The summed E-state index contributed by atoms with van der Waals surface area (Å²) in [7, 11) is 0. The van der Waals surface area contributed by atoms with Crippen LogP contribution in [0.4, 0.5) is 0 Å². The van der Waals surface area contributed by atoms with Gasteiger partial charge in [-0.2, -0.15) is 0 Å². The lowest BCUT2D eigenvalue weighted by Gasteiger charge is -2.60. The van der Waals surface area contributed by atoms with Gasteiger partial charge in [0.15, 0.2) is 0 Å². The molecule has 2 heteroatoms. The van der Waals surface area contributed by atoms with E-state index in [4.69, 9.17) is 11.6 Å². The Hall–Kier alpha value is 0.250. The summed E-state index contributed by atoms with van der Waals surface area (Å²) >= 11 is 6.88. The molecule has 0 aromatic rings. The first kappa shape index (κ1) is 13.2. The quantitative estimate of drug-likeness (QED) is 0.755. The second-order valence-electron chi connectivity index (χ2n) is 7.80. The fourth-order valence-corrected chi connectivity index (χ4v) is 6.14. The van der Waals surface area contributed by atoms with Gasteiger partial charge in [0, 0.05) is 17.5 Å². The largest absolute Gasteiger partial charge is 0.312 e. The van der Waals surface area contributed by atoms with E-state index in [0.717, 1.165) is 17.8 Å². The van der Waals surface area contributed by atoms with E-state index < -0.39 is 0 Å². The zero-order valence-corrected chi connectivity index (χ0v) is 12.8. The normalized spacial score (nSPS) is 47.8. The van der Waals surface area contributed by atoms with Crippen LogP contribution in [0.2, 0.25) is 0 Å². The van der Waals surface area contributed by atoms with Crippen LogP contribution in [-0.4, -0.2) is 17.5 Å². The van der Waals surface area contributed by atoms with Crippen molar-refractivity contribution in [3.8, 4) is 0 Å². The van der Waals surface area contributed by atoms with Crippen molar-refractivity contribution < 1.29 is 0 Å². The average molecular weight is 270 g/mol. The third-order valence-corrected chi connectivity index (χ3v) is 6.48. The van der Waals surface area contributed by atoms with E-state index in [1.807, 2.05) is 0 Å². The van der Waals surface area contributed by atoms with Crippen molar-refractivity contribution in [3.63, 3.8) is 0 Å². The number of alkyl halides is 1. The summed E-state index contributed by atoms with van der Waals surface area (Å²) in [6.07, 6.45) is 8.49. The van der Waals surface area contributed by atoms with Crippen molar-refractivity contribution in [2.45, 2.75) is 76.8 Å². The van der Waals surface area contributed by atoms with Crippen molar-refractivity contribution >= 4 is 11.6 Å². The summed E-state index contributed by atoms with van der Waals surface area (Å²) < 4.78 is 0. The van der Waals surface area contributed by atoms with Gasteiger partial charge >= 0.3 is 0 Å². The van der Waals surface area contributed by atoms with Crippen LogP contribution in [0.25, 0.3) is 0 Å². The lowest BCUT2D eigenvalue weighted by Crippen LogP contribution is -2.55. The Morgan fingerprint density at radius 3 is 2.28 bits per heavy atom. The molecule has 1 N–H and O–H groups in total. The van der Waals surface area contributed by atoms with Crippen molar-refractivity contribution in [1.82, 2.24) is 5.32 Å². The molecule has 104 valence electrons. The molecule has 0 spiro atoms. The Morgan fingerprint density at radius 2 is 1.72 bits per heavy atom. The Balaban J connectivity index is 1.73. The number of hydrogen-bond acceptors (Lipinski definition) is 1. The average Bonchev–Trinajstić information content (AvgIpc) is 2.23. The van der Waals surface area contributed by atoms with Gasteiger partial charge in [-0.3, -0.25) is 0 Å². The maximum absolute atomic E-state index is 6.88. The molecule has 4 unspecified atom stereocenters. The molecule has 4 rings (SSSR count). The van der Waals surface area contributed by atoms with Crippen molar-refractivity contribution in [2.75, 3.05) is 0 Å². The molecule has 4 saturated carbocycles. The molecule has 4 aliphatic rings. The van der Waals surface area contributed by atoms with Gasteiger partial charge in [0.1, 0.15) is 0 Å². The van der Waals surface area contributed by atoms with Gasteiger partial charge in [0.25, 0.3) is 0 Å². The highest BCUT2D eigenvalue weighted by Gasteiger charge is 2.56. The molecule has 4 atom stereocenters. The van der Waals surface area contributed by atoms with Crippen LogP contribution in [0.5, 0.6) is 0 Å². The smallest absolute Gasteiger partial charge is 0.0421 e. The fraction of sp³-hybridized carbons (Fsp3) is 1.00. The Morgan fingerprint density at radius 1 is 1.11 bits per heavy atom. The molecule has 0 radical (unpaired) electrons. The number of halogens is 1. The number of nitrogens with one attached hydrogen (secondary N) is 1. The van der Waals surface area contributed by atoms with Gasteiger partial charge in [0.05, 0.1) is 0 Å². The molecule has 0 saturated heterocycles. The molecule has 0 aromatic heterocycles. The lowest BCUT2D eigenvalue weighted by molar-refractivity contribution is -0.0564. The van der Waals surface area contributed by atoms with E-state index in [-0.39, 0.29) is 0 Å². The summed E-state index contributed by atoms with van der Waals surface area (Å²) in [4.78, 5) is 0. The molecule has 4 fully saturated rings. The van der Waals surface area contributed by atoms with Crippen LogP contribution in [0.15, 0.2) is 0 Å². The van der Waals surface area contributed by atoms with Crippen LogP contribution < -0.4 is 5.32 Å². The third kappa shape index (κ3) is 2.22. The first-order valence-electron chi connectivity index (χ1n) is 7.88. The summed E-state index contributed by atoms with van der Waals surface area (Å²) in [6.45, 7) is 6.84. The summed E-state index contributed by atoms with van der Waals surface area (Å²) in [6, 6.07) is 1.20. The maximum atomic E-state index is 6.88. The first-order valence-corrected chi connectivity index (χ1v) is 8.32. The Bertz CT molecular complexity index is 300. The van der Waals surface area contributed by atoms with Crippen LogP contribution in [0.3, 0.4) is 0 Å². The van der Waals surface area contributed by atoms with Gasteiger partial charge in [-0.25, -0.2) is 0 Å². The predicted molar refractivity (Wildman–Crippen MR) is 78.0 cm³/mol. The number of hydrogen-bond donors (Lipinski definition) is 1. The molecule has 0 heterocycles. The SMILES string of the molecule is CC(C)NC(C)CC12CC3CC(CC(C3)C1Cl)C2. The van der Waals surface area contributed by atoms with E-state index in [0.29, 0.717) is 22.9 Å². The second kappa shape index (κ2) is 4.66. The van der Waals surface area contributed by atoms with Gasteiger partial charge in [0.2, 0.25) is 0 Å². The minimum Gasteiger partial charge on any atom is -0.312 e. The van der Waals surface area contributed by atoms with Gasteiger partial charge in [-0.05, 0) is 68.6 Å². The summed E-state index contributed by atoms with van der Waals surface area (Å²) in [5, 5.41) is 4.14. The van der Waals surface area contributed by atoms with E-state index in [2.05, 4.69) is 26.1 Å². The molecular formula is C16H28ClN. The molecule has 4 bridgehead atoms. The highest BCUT2D eigenvalue weighted by atomic mass is 35.5. The fourth-order valence-electron chi connectivity index (χ4n) is 5.66. The van der Waals surface area contributed by atoms with Gasteiger partial charge in [-0.1, -0.05) is 13.8 Å². The maximum Gasteiger partial charge on any atom is 0.0421 e. The van der Waals surface area contributed by atoms with Crippen LogP contribution in [-0.2, 0) is 0 Å². The van der Waals surface area contributed by atoms with Crippen molar-refractivity contribution in [3.05, 3.63) is 0 Å². The van der Waals surface area contributed by atoms with Crippen molar-refractivity contribution in [1.29, 1.82) is 0 Å². The topological polar surface area (TPSA) is 12.0 Å². The van der Waals surface area contributed by atoms with E-state index in [1.54, 1.807) is 0 Å². The van der Waals surface area contributed by atoms with Crippen molar-refractivity contribution in [2.24, 2.45) is 23.2 Å². The predicted octanol–water partition coefficient (Wildman–Crippen LogP) is 4.20. The lowest BCUT2D eigenvalue weighted by atomic mass is 9.48. The zero-order valence-electron chi connectivity index (χ0n) is 12.1. The molecule has 0 amide bonds.